The highest BCUT2D eigenvalue weighted by atomic mass is 35.5. The molecule has 0 aromatic heterocycles. The van der Waals surface area contributed by atoms with Crippen molar-refractivity contribution in [3.8, 4) is 17.2 Å². The van der Waals surface area contributed by atoms with E-state index >= 15 is 0 Å². The number of methoxy groups -OCH3 is 2. The lowest BCUT2D eigenvalue weighted by atomic mass is 10.1. The van der Waals surface area contributed by atoms with Crippen LogP contribution in [0.4, 0.5) is 0 Å². The normalized spacial score (nSPS) is 12.3. The molecule has 164 valence electrons. The highest BCUT2D eigenvalue weighted by Gasteiger charge is 2.20. The number of rotatable bonds is 9. The summed E-state index contributed by atoms with van der Waals surface area (Å²) in [5.41, 5.74) is 1.28. The number of aliphatic carboxylic acids is 1. The van der Waals surface area contributed by atoms with E-state index in [-0.39, 0.29) is 22.4 Å². The second-order valence-corrected chi connectivity index (χ2v) is 7.28. The summed E-state index contributed by atoms with van der Waals surface area (Å²) in [6.07, 6.45) is 4.26. The molecule has 2 aromatic rings. The van der Waals surface area contributed by atoms with E-state index < -0.39 is 18.0 Å². The van der Waals surface area contributed by atoms with Crippen molar-refractivity contribution < 1.29 is 28.9 Å². The van der Waals surface area contributed by atoms with Gasteiger partial charge in [-0.3, -0.25) is 4.99 Å². The second kappa shape index (κ2) is 11.2. The number of aliphatic imine (C=N–C) groups is 1. The molecule has 0 saturated carbocycles. The Morgan fingerprint density at radius 3 is 2.45 bits per heavy atom. The van der Waals surface area contributed by atoms with E-state index in [0.29, 0.717) is 11.3 Å². The van der Waals surface area contributed by atoms with Gasteiger partial charge in [-0.25, -0.2) is 9.59 Å². The van der Waals surface area contributed by atoms with Gasteiger partial charge in [0.05, 0.1) is 19.2 Å². The molecule has 31 heavy (non-hydrogen) atoms. The minimum absolute atomic E-state index is 0.0558. The van der Waals surface area contributed by atoms with E-state index in [1.54, 1.807) is 51.3 Å². The third kappa shape index (κ3) is 6.86. The van der Waals surface area contributed by atoms with Crippen LogP contribution in [0.3, 0.4) is 0 Å². The van der Waals surface area contributed by atoms with Gasteiger partial charge >= 0.3 is 11.9 Å². The second-order valence-electron chi connectivity index (χ2n) is 6.87. The van der Waals surface area contributed by atoms with Crippen molar-refractivity contribution in [1.82, 2.24) is 0 Å². The predicted octanol–water partition coefficient (Wildman–Crippen LogP) is 4.50. The SMILES string of the molecule is COc1cccc(/C=C/C(=O)Oc2c(Cl)cc(C=NC(C(=O)O)C(C)C)cc2OC)c1. The molecular weight excluding hydrogens is 422 g/mol. The van der Waals surface area contributed by atoms with Gasteiger partial charge in [-0.2, -0.15) is 0 Å². The predicted molar refractivity (Wildman–Crippen MR) is 120 cm³/mol. The van der Waals surface area contributed by atoms with E-state index in [2.05, 4.69) is 4.99 Å². The molecule has 0 radical (unpaired) electrons. The quantitative estimate of drug-likeness (QED) is 0.264. The minimum Gasteiger partial charge on any atom is -0.497 e. The summed E-state index contributed by atoms with van der Waals surface area (Å²) in [6.45, 7) is 3.54. The molecule has 0 spiro atoms. The van der Waals surface area contributed by atoms with Gasteiger partial charge in [0.15, 0.2) is 11.5 Å². The molecular formula is C23H24ClNO6. The number of carboxylic acids is 1. The molecule has 0 bridgehead atoms. The zero-order valence-electron chi connectivity index (χ0n) is 17.7. The van der Waals surface area contributed by atoms with Gasteiger partial charge in [0.25, 0.3) is 0 Å². The van der Waals surface area contributed by atoms with Crippen molar-refractivity contribution in [3.05, 3.63) is 58.6 Å². The van der Waals surface area contributed by atoms with E-state index in [9.17, 15) is 14.7 Å². The van der Waals surface area contributed by atoms with Crippen molar-refractivity contribution >= 4 is 35.8 Å². The van der Waals surface area contributed by atoms with Crippen LogP contribution in [0.2, 0.25) is 5.02 Å². The number of carbonyl (C=O) groups excluding carboxylic acids is 1. The number of nitrogens with zero attached hydrogens (tertiary/aromatic N) is 1. The molecule has 0 aliphatic heterocycles. The highest BCUT2D eigenvalue weighted by Crippen LogP contribution is 2.36. The first-order valence-electron chi connectivity index (χ1n) is 9.42. The van der Waals surface area contributed by atoms with Crippen LogP contribution < -0.4 is 14.2 Å². The number of hydrogen-bond donors (Lipinski definition) is 1. The van der Waals surface area contributed by atoms with E-state index in [0.717, 1.165) is 5.56 Å². The molecule has 1 unspecified atom stereocenters. The van der Waals surface area contributed by atoms with Gasteiger partial charge in [-0.15, -0.1) is 0 Å². The van der Waals surface area contributed by atoms with E-state index in [1.807, 2.05) is 6.07 Å². The monoisotopic (exact) mass is 445 g/mol. The molecule has 0 saturated heterocycles. The lowest BCUT2D eigenvalue weighted by molar-refractivity contribution is -0.139. The van der Waals surface area contributed by atoms with Gasteiger partial charge in [-0.1, -0.05) is 37.6 Å². The summed E-state index contributed by atoms with van der Waals surface area (Å²) in [4.78, 5) is 27.7. The Balaban J connectivity index is 2.20. The minimum atomic E-state index is -1.02. The van der Waals surface area contributed by atoms with Crippen LogP contribution in [0.5, 0.6) is 17.2 Å². The van der Waals surface area contributed by atoms with E-state index in [1.165, 1.54) is 25.5 Å². The molecule has 2 rings (SSSR count). The van der Waals surface area contributed by atoms with E-state index in [4.69, 9.17) is 25.8 Å². The van der Waals surface area contributed by atoms with Gasteiger partial charge in [0.2, 0.25) is 0 Å². The Morgan fingerprint density at radius 1 is 1.10 bits per heavy atom. The molecule has 1 N–H and O–H groups in total. The molecule has 7 nitrogen and oxygen atoms in total. The first kappa shape index (κ1) is 24.0. The molecule has 0 fully saturated rings. The molecule has 1 atom stereocenters. The topological polar surface area (TPSA) is 94.4 Å². The number of carboxylic acid groups (broad SMARTS) is 1. The number of benzene rings is 2. The fraction of sp³-hybridized carbons (Fsp3) is 0.261. The Kier molecular flexibility index (Phi) is 8.63. The average Bonchev–Trinajstić information content (AvgIpc) is 2.73. The third-order valence-electron chi connectivity index (χ3n) is 4.23. The van der Waals surface area contributed by atoms with Crippen molar-refractivity contribution in [1.29, 1.82) is 0 Å². The molecule has 2 aromatic carbocycles. The van der Waals surface area contributed by atoms with Crippen LogP contribution in [-0.2, 0) is 9.59 Å². The van der Waals surface area contributed by atoms with Gasteiger partial charge in [-0.05, 0) is 47.4 Å². The molecule has 8 heteroatoms. The smallest absolute Gasteiger partial charge is 0.336 e. The number of carbonyl (C=O) groups is 2. The summed E-state index contributed by atoms with van der Waals surface area (Å²) in [6, 6.07) is 9.37. The lowest BCUT2D eigenvalue weighted by Gasteiger charge is -2.12. The molecule has 0 aliphatic carbocycles. The maximum Gasteiger partial charge on any atom is 0.336 e. The maximum atomic E-state index is 12.3. The summed E-state index contributed by atoms with van der Waals surface area (Å²) in [7, 11) is 2.97. The Bertz CT molecular complexity index is 1000. The maximum absolute atomic E-state index is 12.3. The summed E-state index contributed by atoms with van der Waals surface area (Å²) in [5, 5.41) is 9.37. The van der Waals surface area contributed by atoms with Gasteiger partial charge < -0.3 is 19.3 Å². The lowest BCUT2D eigenvalue weighted by Crippen LogP contribution is -2.24. The number of hydrogen-bond acceptors (Lipinski definition) is 6. The number of ether oxygens (including phenoxy) is 3. The summed E-state index contributed by atoms with van der Waals surface area (Å²) in [5.74, 6) is -0.899. The fourth-order valence-electron chi connectivity index (χ4n) is 2.64. The average molecular weight is 446 g/mol. The number of esters is 1. The van der Waals surface area contributed by atoms with Crippen LogP contribution in [0, 0.1) is 5.92 Å². The summed E-state index contributed by atoms with van der Waals surface area (Å²) >= 11 is 6.28. The van der Waals surface area contributed by atoms with Crippen molar-refractivity contribution in [2.24, 2.45) is 10.9 Å². The van der Waals surface area contributed by atoms with Gasteiger partial charge in [0.1, 0.15) is 11.8 Å². The van der Waals surface area contributed by atoms with Crippen molar-refractivity contribution in [2.75, 3.05) is 14.2 Å². The van der Waals surface area contributed by atoms with Crippen molar-refractivity contribution in [3.63, 3.8) is 0 Å². The van der Waals surface area contributed by atoms with Crippen LogP contribution >= 0.6 is 11.6 Å². The van der Waals surface area contributed by atoms with Gasteiger partial charge in [0, 0.05) is 12.3 Å². The zero-order chi connectivity index (χ0) is 23.0. The molecule has 0 aliphatic rings. The largest absolute Gasteiger partial charge is 0.497 e. The van der Waals surface area contributed by atoms with Crippen LogP contribution in [0.25, 0.3) is 6.08 Å². The first-order valence-corrected chi connectivity index (χ1v) is 9.80. The third-order valence-corrected chi connectivity index (χ3v) is 4.51. The summed E-state index contributed by atoms with van der Waals surface area (Å²) < 4.78 is 15.8. The molecule has 0 amide bonds. The Hall–Kier alpha value is -3.32. The highest BCUT2D eigenvalue weighted by molar-refractivity contribution is 6.32. The standard InChI is InChI=1S/C23H24ClNO6/c1-14(2)21(23(27)28)25-13-16-11-18(24)22(19(12-16)30-4)31-20(26)9-8-15-6-5-7-17(10-15)29-3/h5-14,21H,1-4H3,(H,27,28)/b9-8+,25-13?. The fourth-order valence-corrected chi connectivity index (χ4v) is 2.90. The molecule has 0 heterocycles. The number of halogens is 1. The van der Waals surface area contributed by atoms with Crippen LogP contribution in [-0.4, -0.2) is 43.5 Å². The van der Waals surface area contributed by atoms with Crippen molar-refractivity contribution in [2.45, 2.75) is 19.9 Å². The zero-order valence-corrected chi connectivity index (χ0v) is 18.4. The Labute approximate surface area is 185 Å². The van der Waals surface area contributed by atoms with Crippen LogP contribution in [0.1, 0.15) is 25.0 Å². The first-order chi connectivity index (χ1) is 14.7. The van der Waals surface area contributed by atoms with Crippen LogP contribution in [0.15, 0.2) is 47.5 Å². The Morgan fingerprint density at radius 2 is 1.84 bits per heavy atom.